The van der Waals surface area contributed by atoms with Crippen LogP contribution in [0.1, 0.15) is 15.9 Å². The minimum absolute atomic E-state index is 0.0534. The summed E-state index contributed by atoms with van der Waals surface area (Å²) in [6.07, 6.45) is 3.07. The van der Waals surface area contributed by atoms with Crippen molar-refractivity contribution in [3.8, 4) is 11.1 Å². The highest BCUT2D eigenvalue weighted by Crippen LogP contribution is 2.23. The van der Waals surface area contributed by atoms with Gasteiger partial charge in [-0.2, -0.15) is 0 Å². The number of carbonyl (C=O) groups is 2. The van der Waals surface area contributed by atoms with Gasteiger partial charge in [0.05, 0.1) is 11.3 Å². The largest absolute Gasteiger partial charge is 0.478 e. The number of hydrogen-bond donors (Lipinski definition) is 2. The molecule has 0 saturated carbocycles. The Hall–Kier alpha value is -3.18. The van der Waals surface area contributed by atoms with Crippen LogP contribution in [0.5, 0.6) is 0 Å². The molecule has 0 unspecified atom stereocenters. The first-order valence-corrected chi connectivity index (χ1v) is 8.99. The predicted octanol–water partition coefficient (Wildman–Crippen LogP) is 5.47. The van der Waals surface area contributed by atoms with Crippen LogP contribution >= 0.6 is 15.9 Å². The standard InChI is InChI=1S/C22H16BrNO3/c23-18-5-3-4-17(14-18)16-11-8-15(9-12-16)10-13-21(25)24-20-7-2-1-6-19(20)22(26)27/h1-14H,(H,24,25)(H,26,27)/b13-10+. The van der Waals surface area contributed by atoms with Crippen molar-refractivity contribution in [3.05, 3.63) is 94.5 Å². The van der Waals surface area contributed by atoms with Gasteiger partial charge >= 0.3 is 5.97 Å². The second-order valence-corrected chi connectivity index (χ2v) is 6.72. The van der Waals surface area contributed by atoms with Gasteiger partial charge in [0.15, 0.2) is 0 Å². The van der Waals surface area contributed by atoms with Gasteiger partial charge in [-0.1, -0.05) is 64.5 Å². The SMILES string of the molecule is O=C(/C=C/c1ccc(-c2cccc(Br)c2)cc1)Nc1ccccc1C(=O)O. The molecule has 2 N–H and O–H groups in total. The van der Waals surface area contributed by atoms with Gasteiger partial charge in [-0.05, 0) is 47.0 Å². The fraction of sp³-hybridized carbons (Fsp3) is 0. The van der Waals surface area contributed by atoms with E-state index in [2.05, 4.69) is 21.2 Å². The first-order chi connectivity index (χ1) is 13.0. The minimum Gasteiger partial charge on any atom is -0.478 e. The molecule has 0 heterocycles. The molecule has 3 aromatic rings. The lowest BCUT2D eigenvalue weighted by Gasteiger charge is -2.06. The summed E-state index contributed by atoms with van der Waals surface area (Å²) in [7, 11) is 0. The van der Waals surface area contributed by atoms with E-state index >= 15 is 0 Å². The molecular formula is C22H16BrNO3. The summed E-state index contributed by atoms with van der Waals surface area (Å²) in [4.78, 5) is 23.3. The number of carboxylic acid groups (broad SMARTS) is 1. The van der Waals surface area contributed by atoms with Crippen LogP contribution < -0.4 is 5.32 Å². The summed E-state index contributed by atoms with van der Waals surface area (Å²) in [5.41, 5.74) is 3.37. The number of nitrogens with one attached hydrogen (secondary N) is 1. The van der Waals surface area contributed by atoms with Crippen LogP contribution in [0.4, 0.5) is 5.69 Å². The van der Waals surface area contributed by atoms with E-state index in [0.717, 1.165) is 21.2 Å². The van der Waals surface area contributed by atoms with Crippen molar-refractivity contribution in [2.24, 2.45) is 0 Å². The molecule has 0 bridgehead atoms. The van der Waals surface area contributed by atoms with E-state index in [1.54, 1.807) is 24.3 Å². The highest BCUT2D eigenvalue weighted by atomic mass is 79.9. The summed E-state index contributed by atoms with van der Waals surface area (Å²) in [6.45, 7) is 0. The summed E-state index contributed by atoms with van der Waals surface area (Å²) >= 11 is 3.46. The lowest BCUT2D eigenvalue weighted by atomic mass is 10.0. The fourth-order valence-electron chi connectivity index (χ4n) is 2.58. The number of hydrogen-bond acceptors (Lipinski definition) is 2. The third kappa shape index (κ3) is 4.92. The van der Waals surface area contributed by atoms with Gasteiger partial charge in [0.2, 0.25) is 5.91 Å². The monoisotopic (exact) mass is 421 g/mol. The molecule has 0 aliphatic carbocycles. The minimum atomic E-state index is -1.09. The van der Waals surface area contributed by atoms with Gasteiger partial charge in [-0.15, -0.1) is 0 Å². The van der Waals surface area contributed by atoms with E-state index in [4.69, 9.17) is 5.11 Å². The maximum absolute atomic E-state index is 12.1. The molecule has 0 fully saturated rings. The smallest absolute Gasteiger partial charge is 0.337 e. The molecular weight excluding hydrogens is 406 g/mol. The second kappa shape index (κ2) is 8.47. The highest BCUT2D eigenvalue weighted by molar-refractivity contribution is 9.10. The molecule has 134 valence electrons. The zero-order chi connectivity index (χ0) is 19.2. The third-order valence-corrected chi connectivity index (χ3v) is 4.40. The molecule has 5 heteroatoms. The zero-order valence-corrected chi connectivity index (χ0v) is 15.8. The van der Waals surface area contributed by atoms with E-state index in [0.29, 0.717) is 0 Å². The number of benzene rings is 3. The number of para-hydroxylation sites is 1. The summed E-state index contributed by atoms with van der Waals surface area (Å²) in [5.74, 6) is -1.47. The third-order valence-electron chi connectivity index (χ3n) is 3.91. The molecule has 0 radical (unpaired) electrons. The van der Waals surface area contributed by atoms with Crippen molar-refractivity contribution in [1.29, 1.82) is 0 Å². The molecule has 0 aromatic heterocycles. The Morgan fingerprint density at radius 1 is 0.889 bits per heavy atom. The van der Waals surface area contributed by atoms with Crippen molar-refractivity contribution < 1.29 is 14.7 Å². The molecule has 3 rings (SSSR count). The van der Waals surface area contributed by atoms with Crippen LogP contribution in [-0.4, -0.2) is 17.0 Å². The Labute approximate surface area is 165 Å². The average molecular weight is 422 g/mol. The summed E-state index contributed by atoms with van der Waals surface area (Å²) in [5, 5.41) is 11.7. The Balaban J connectivity index is 1.69. The molecule has 27 heavy (non-hydrogen) atoms. The van der Waals surface area contributed by atoms with E-state index in [-0.39, 0.29) is 17.2 Å². The van der Waals surface area contributed by atoms with E-state index in [1.165, 1.54) is 12.1 Å². The zero-order valence-electron chi connectivity index (χ0n) is 14.2. The van der Waals surface area contributed by atoms with Gasteiger partial charge < -0.3 is 10.4 Å². The van der Waals surface area contributed by atoms with E-state index in [1.807, 2.05) is 48.5 Å². The number of rotatable bonds is 5. The van der Waals surface area contributed by atoms with Gasteiger partial charge in [0, 0.05) is 10.5 Å². The van der Waals surface area contributed by atoms with Crippen molar-refractivity contribution in [2.45, 2.75) is 0 Å². The van der Waals surface area contributed by atoms with Crippen LogP contribution in [0, 0.1) is 0 Å². The normalized spacial score (nSPS) is 10.7. The Morgan fingerprint density at radius 3 is 2.33 bits per heavy atom. The van der Waals surface area contributed by atoms with Gasteiger partial charge in [0.25, 0.3) is 0 Å². The number of amides is 1. The molecule has 4 nitrogen and oxygen atoms in total. The first-order valence-electron chi connectivity index (χ1n) is 8.20. The number of halogens is 1. The molecule has 1 amide bonds. The molecule has 0 spiro atoms. The highest BCUT2D eigenvalue weighted by Gasteiger charge is 2.10. The molecule has 0 aliphatic heterocycles. The summed E-state index contributed by atoms with van der Waals surface area (Å²) < 4.78 is 1.02. The maximum atomic E-state index is 12.1. The van der Waals surface area contributed by atoms with Gasteiger partial charge in [0.1, 0.15) is 0 Å². The topological polar surface area (TPSA) is 66.4 Å². The Morgan fingerprint density at radius 2 is 1.63 bits per heavy atom. The summed E-state index contributed by atoms with van der Waals surface area (Å²) in [6, 6.07) is 22.1. The van der Waals surface area contributed by atoms with Crippen molar-refractivity contribution >= 4 is 39.6 Å². The van der Waals surface area contributed by atoms with Crippen molar-refractivity contribution in [1.82, 2.24) is 0 Å². The van der Waals surface area contributed by atoms with Gasteiger partial charge in [-0.25, -0.2) is 4.79 Å². The molecule has 0 atom stereocenters. The fourth-order valence-corrected chi connectivity index (χ4v) is 2.98. The predicted molar refractivity (Wildman–Crippen MR) is 111 cm³/mol. The van der Waals surface area contributed by atoms with E-state index in [9.17, 15) is 9.59 Å². The maximum Gasteiger partial charge on any atom is 0.337 e. The van der Waals surface area contributed by atoms with Crippen LogP contribution in [-0.2, 0) is 4.79 Å². The Bertz CT molecular complexity index is 1010. The van der Waals surface area contributed by atoms with Crippen LogP contribution in [0.2, 0.25) is 0 Å². The van der Waals surface area contributed by atoms with Crippen molar-refractivity contribution in [3.63, 3.8) is 0 Å². The molecule has 0 aliphatic rings. The van der Waals surface area contributed by atoms with E-state index < -0.39 is 5.97 Å². The lowest BCUT2D eigenvalue weighted by molar-refractivity contribution is -0.111. The van der Waals surface area contributed by atoms with Crippen LogP contribution in [0.15, 0.2) is 83.3 Å². The molecule has 3 aromatic carbocycles. The molecule has 0 saturated heterocycles. The average Bonchev–Trinajstić information content (AvgIpc) is 2.67. The second-order valence-electron chi connectivity index (χ2n) is 5.81. The number of aromatic carboxylic acids is 1. The van der Waals surface area contributed by atoms with Gasteiger partial charge in [-0.3, -0.25) is 4.79 Å². The number of carboxylic acids is 1. The Kier molecular flexibility index (Phi) is 5.84. The first kappa shape index (κ1) is 18.6. The lowest BCUT2D eigenvalue weighted by Crippen LogP contribution is -2.11. The van der Waals surface area contributed by atoms with Crippen LogP contribution in [0.25, 0.3) is 17.2 Å². The quantitative estimate of drug-likeness (QED) is 0.537. The van der Waals surface area contributed by atoms with Crippen molar-refractivity contribution in [2.75, 3.05) is 5.32 Å². The number of carbonyl (C=O) groups excluding carboxylic acids is 1. The number of anilines is 1. The van der Waals surface area contributed by atoms with Crippen LogP contribution in [0.3, 0.4) is 0 Å².